The van der Waals surface area contributed by atoms with Crippen LogP contribution in [0.1, 0.15) is 40.0 Å². The highest BCUT2D eigenvalue weighted by Gasteiger charge is 2.40. The Morgan fingerprint density at radius 2 is 1.74 bits per heavy atom. The number of nitrogens with zero attached hydrogens (tertiary/aromatic N) is 7. The first-order valence-electron chi connectivity index (χ1n) is 10.9. The molecule has 11 heteroatoms. The molecule has 3 aromatic rings. The van der Waals surface area contributed by atoms with E-state index in [-0.39, 0.29) is 6.04 Å². The fraction of sp³-hybridized carbons (Fsp3) is 0.435. The van der Waals surface area contributed by atoms with Crippen LogP contribution in [-0.4, -0.2) is 61.9 Å². The fourth-order valence-corrected chi connectivity index (χ4v) is 4.35. The van der Waals surface area contributed by atoms with Crippen LogP contribution in [0.4, 0.5) is 19.0 Å². The van der Waals surface area contributed by atoms with E-state index in [1.54, 1.807) is 19.4 Å². The summed E-state index contributed by atoms with van der Waals surface area (Å²) in [5.74, 6) is 0.113. The molecular weight excluding hydrogens is 447 g/mol. The molecule has 1 aliphatic heterocycles. The van der Waals surface area contributed by atoms with Crippen LogP contribution in [0.5, 0.6) is 0 Å². The molecular formula is C23H26F3N7O. The van der Waals surface area contributed by atoms with Crippen LogP contribution in [-0.2, 0) is 13.2 Å². The van der Waals surface area contributed by atoms with E-state index in [1.165, 1.54) is 11.9 Å². The van der Waals surface area contributed by atoms with Gasteiger partial charge in [0.2, 0.25) is 0 Å². The van der Waals surface area contributed by atoms with Crippen LogP contribution in [0.25, 0.3) is 11.3 Å². The third-order valence-corrected chi connectivity index (χ3v) is 6.41. The Morgan fingerprint density at radius 1 is 1.09 bits per heavy atom. The molecule has 1 fully saturated rings. The van der Waals surface area contributed by atoms with Gasteiger partial charge in [-0.1, -0.05) is 0 Å². The molecule has 0 aromatic carbocycles. The van der Waals surface area contributed by atoms with Crippen LogP contribution in [0.2, 0.25) is 0 Å². The Hall–Kier alpha value is -3.50. The lowest BCUT2D eigenvalue weighted by atomic mass is 10.0. The second kappa shape index (κ2) is 9.03. The van der Waals surface area contributed by atoms with Crippen molar-refractivity contribution in [2.45, 2.75) is 38.9 Å². The Morgan fingerprint density at radius 3 is 2.35 bits per heavy atom. The number of aryl methyl sites for hydroxylation is 1. The number of halogens is 3. The summed E-state index contributed by atoms with van der Waals surface area (Å²) in [7, 11) is 2.92. The number of carbonyl (C=O) groups is 1. The molecule has 0 bridgehead atoms. The second-order valence-electron chi connectivity index (χ2n) is 8.56. The number of hydrogen-bond acceptors (Lipinski definition) is 6. The first-order chi connectivity index (χ1) is 16.1. The number of hydrogen-bond donors (Lipinski definition) is 0. The van der Waals surface area contributed by atoms with Crippen LogP contribution in [0.15, 0.2) is 30.7 Å². The Kier molecular flexibility index (Phi) is 6.28. The maximum absolute atomic E-state index is 13.3. The molecule has 4 rings (SSSR count). The second-order valence-corrected chi connectivity index (χ2v) is 8.56. The summed E-state index contributed by atoms with van der Waals surface area (Å²) in [5, 5.41) is 12.4. The normalized spacial score (nSPS) is 15.0. The lowest BCUT2D eigenvalue weighted by molar-refractivity contribution is -0.141. The van der Waals surface area contributed by atoms with E-state index in [0.29, 0.717) is 25.9 Å². The number of rotatable bonds is 4. The van der Waals surface area contributed by atoms with Gasteiger partial charge in [0, 0.05) is 57.4 Å². The van der Waals surface area contributed by atoms with E-state index in [2.05, 4.69) is 25.2 Å². The average Bonchev–Trinajstić information content (AvgIpc) is 3.23. The summed E-state index contributed by atoms with van der Waals surface area (Å²) in [6.45, 7) is 5.25. The van der Waals surface area contributed by atoms with Gasteiger partial charge in [-0.25, -0.2) is 0 Å². The van der Waals surface area contributed by atoms with Crippen molar-refractivity contribution in [3.05, 3.63) is 53.1 Å². The van der Waals surface area contributed by atoms with E-state index in [1.807, 2.05) is 26.0 Å². The number of aromatic nitrogens is 5. The van der Waals surface area contributed by atoms with Crippen molar-refractivity contribution < 1.29 is 18.0 Å². The van der Waals surface area contributed by atoms with Crippen molar-refractivity contribution in [3.8, 4) is 11.3 Å². The summed E-state index contributed by atoms with van der Waals surface area (Å²) in [4.78, 5) is 20.4. The maximum atomic E-state index is 13.3. The van der Waals surface area contributed by atoms with Crippen molar-refractivity contribution in [1.82, 2.24) is 29.9 Å². The first kappa shape index (κ1) is 23.7. The molecule has 0 saturated carbocycles. The van der Waals surface area contributed by atoms with Gasteiger partial charge in [0.05, 0.1) is 11.3 Å². The number of anilines is 1. The Balaban J connectivity index is 1.47. The minimum atomic E-state index is -4.69. The molecule has 0 aliphatic carbocycles. The van der Waals surface area contributed by atoms with Crippen LogP contribution >= 0.6 is 0 Å². The molecule has 1 aliphatic rings. The minimum absolute atomic E-state index is 0.185. The highest BCUT2D eigenvalue weighted by molar-refractivity contribution is 5.95. The first-order valence-corrected chi connectivity index (χ1v) is 10.9. The molecule has 3 aromatic heterocycles. The highest BCUT2D eigenvalue weighted by atomic mass is 19.4. The van der Waals surface area contributed by atoms with Crippen molar-refractivity contribution in [1.29, 1.82) is 0 Å². The Bertz CT molecular complexity index is 1190. The molecule has 0 radical (unpaired) electrons. The van der Waals surface area contributed by atoms with Gasteiger partial charge in [-0.2, -0.15) is 18.3 Å². The predicted octanol–water partition coefficient (Wildman–Crippen LogP) is 3.65. The van der Waals surface area contributed by atoms with E-state index < -0.39 is 23.3 Å². The summed E-state index contributed by atoms with van der Waals surface area (Å²) in [6, 6.07) is 3.59. The third-order valence-electron chi connectivity index (χ3n) is 6.41. The smallest absolute Gasteiger partial charge is 0.355 e. The number of pyridine rings is 1. The topological polar surface area (TPSA) is 80.0 Å². The predicted molar refractivity (Wildman–Crippen MR) is 120 cm³/mol. The third kappa shape index (κ3) is 4.46. The summed E-state index contributed by atoms with van der Waals surface area (Å²) < 4.78 is 40.9. The van der Waals surface area contributed by atoms with Crippen LogP contribution in [0, 0.1) is 13.8 Å². The molecule has 0 atom stereocenters. The number of carbonyl (C=O) groups excluding carboxylic acids is 1. The molecule has 0 spiro atoms. The quantitative estimate of drug-likeness (QED) is 0.576. The lowest BCUT2D eigenvalue weighted by Gasteiger charge is -2.37. The average molecular weight is 474 g/mol. The zero-order valence-corrected chi connectivity index (χ0v) is 19.5. The molecule has 1 amide bonds. The van der Waals surface area contributed by atoms with Crippen molar-refractivity contribution in [2.75, 3.05) is 25.0 Å². The largest absolute Gasteiger partial charge is 0.435 e. The number of piperidine rings is 1. The molecule has 1 saturated heterocycles. The van der Waals surface area contributed by atoms with Crippen molar-refractivity contribution >= 4 is 11.7 Å². The molecule has 0 unspecified atom stereocenters. The van der Waals surface area contributed by atoms with Gasteiger partial charge in [-0.3, -0.25) is 14.5 Å². The monoisotopic (exact) mass is 473 g/mol. The number of alkyl halides is 3. The zero-order chi connectivity index (χ0) is 24.6. The summed E-state index contributed by atoms with van der Waals surface area (Å²) in [6.07, 6.45) is 1.08. The van der Waals surface area contributed by atoms with Gasteiger partial charge in [0.1, 0.15) is 0 Å². The summed E-state index contributed by atoms with van der Waals surface area (Å²) in [5.41, 5.74) is 2.23. The molecule has 180 valence electrons. The lowest BCUT2D eigenvalue weighted by Crippen LogP contribution is -2.46. The van der Waals surface area contributed by atoms with Gasteiger partial charge in [0.15, 0.2) is 11.5 Å². The zero-order valence-electron chi connectivity index (χ0n) is 19.5. The highest BCUT2D eigenvalue weighted by Crippen LogP contribution is 2.33. The van der Waals surface area contributed by atoms with Crippen molar-refractivity contribution in [2.24, 2.45) is 7.05 Å². The molecule has 4 heterocycles. The van der Waals surface area contributed by atoms with Crippen LogP contribution < -0.4 is 4.90 Å². The molecule has 34 heavy (non-hydrogen) atoms. The standard InChI is InChI=1S/C23H26F3N7O/c1-14-15(2)21(29-28-19(14)16-5-9-27-10-6-16)33-11-7-17(8-12-33)32(4)22(34)18-13-31(3)30-20(18)23(24,25)26/h5-6,9-10,13,17H,7-8,11-12H2,1-4H3. The van der Waals surface area contributed by atoms with E-state index >= 15 is 0 Å². The molecule has 8 nitrogen and oxygen atoms in total. The van der Waals surface area contributed by atoms with Crippen molar-refractivity contribution in [3.63, 3.8) is 0 Å². The van der Waals surface area contributed by atoms with Gasteiger partial charge in [-0.15, -0.1) is 10.2 Å². The van der Waals surface area contributed by atoms with E-state index in [4.69, 9.17) is 0 Å². The maximum Gasteiger partial charge on any atom is 0.435 e. The Labute approximate surface area is 195 Å². The SMILES string of the molecule is Cc1c(-c2ccncc2)nnc(N2CCC(N(C)C(=O)c3cn(C)nc3C(F)(F)F)CC2)c1C. The number of amides is 1. The minimum Gasteiger partial charge on any atom is -0.355 e. The van der Waals surface area contributed by atoms with Gasteiger partial charge in [0.25, 0.3) is 5.91 Å². The van der Waals surface area contributed by atoms with Gasteiger partial charge < -0.3 is 9.80 Å². The van der Waals surface area contributed by atoms with Gasteiger partial charge in [-0.05, 0) is 49.9 Å². The van der Waals surface area contributed by atoms with Gasteiger partial charge >= 0.3 is 6.18 Å². The van der Waals surface area contributed by atoms with E-state index in [0.717, 1.165) is 39.1 Å². The summed E-state index contributed by atoms with van der Waals surface area (Å²) >= 11 is 0. The van der Waals surface area contributed by atoms with E-state index in [9.17, 15) is 18.0 Å². The van der Waals surface area contributed by atoms with Crippen LogP contribution in [0.3, 0.4) is 0 Å². The molecule has 0 N–H and O–H groups in total. The fourth-order valence-electron chi connectivity index (χ4n) is 4.35.